The zero-order valence-corrected chi connectivity index (χ0v) is 16.8. The fourth-order valence-electron chi connectivity index (χ4n) is 2.83. The molecule has 2 aromatic carbocycles. The second-order valence-electron chi connectivity index (χ2n) is 6.32. The Morgan fingerprint density at radius 2 is 1.71 bits per heavy atom. The standard InChI is InChI=1S/C18H22N4O5S/c1-11-7-12(2)18(13(3)8-11)21-17(23)10-20-15-6-5-14(28(26,27)19-4)9-16(15)22(24)25/h5-9,19-20H,10H2,1-4H3,(H,21,23). The number of aryl methyl sites for hydroxylation is 3. The Morgan fingerprint density at radius 3 is 2.25 bits per heavy atom. The molecule has 0 fully saturated rings. The van der Waals surface area contributed by atoms with E-state index in [4.69, 9.17) is 0 Å². The summed E-state index contributed by atoms with van der Waals surface area (Å²) in [5, 5.41) is 16.8. The highest BCUT2D eigenvalue weighted by Crippen LogP contribution is 2.27. The van der Waals surface area contributed by atoms with E-state index in [1.54, 1.807) is 0 Å². The number of nitro benzene ring substituents is 1. The Morgan fingerprint density at radius 1 is 1.11 bits per heavy atom. The Kier molecular flexibility index (Phi) is 6.37. The lowest BCUT2D eigenvalue weighted by molar-refractivity contribution is -0.384. The molecule has 0 atom stereocenters. The van der Waals surface area contributed by atoms with Crippen molar-refractivity contribution in [2.75, 3.05) is 24.2 Å². The molecule has 0 saturated heterocycles. The average Bonchev–Trinajstić information content (AvgIpc) is 2.62. The van der Waals surface area contributed by atoms with Gasteiger partial charge in [-0.15, -0.1) is 0 Å². The van der Waals surface area contributed by atoms with E-state index in [0.29, 0.717) is 5.69 Å². The molecule has 0 aliphatic carbocycles. The SMILES string of the molecule is CNS(=O)(=O)c1ccc(NCC(=O)Nc2c(C)cc(C)cc2C)c([N+](=O)[O-])c1. The van der Waals surface area contributed by atoms with Crippen molar-refractivity contribution in [1.82, 2.24) is 4.72 Å². The van der Waals surface area contributed by atoms with Gasteiger partial charge in [0.15, 0.2) is 0 Å². The van der Waals surface area contributed by atoms with Gasteiger partial charge in [0.2, 0.25) is 15.9 Å². The minimum atomic E-state index is -3.82. The molecule has 28 heavy (non-hydrogen) atoms. The Hall–Kier alpha value is -2.98. The molecule has 10 heteroatoms. The number of anilines is 2. The number of sulfonamides is 1. The summed E-state index contributed by atoms with van der Waals surface area (Å²) in [5.74, 6) is -0.378. The lowest BCUT2D eigenvalue weighted by Crippen LogP contribution is -2.23. The first-order valence-corrected chi connectivity index (χ1v) is 9.87. The maximum Gasteiger partial charge on any atom is 0.293 e. The molecule has 0 radical (unpaired) electrons. The van der Waals surface area contributed by atoms with Crippen molar-refractivity contribution in [3.8, 4) is 0 Å². The number of benzene rings is 2. The Bertz CT molecular complexity index is 1010. The van der Waals surface area contributed by atoms with Gasteiger partial charge in [-0.05, 0) is 51.1 Å². The largest absolute Gasteiger partial charge is 0.371 e. The van der Waals surface area contributed by atoms with Crippen LogP contribution in [0.15, 0.2) is 35.2 Å². The topological polar surface area (TPSA) is 130 Å². The number of nitro groups is 1. The smallest absolute Gasteiger partial charge is 0.293 e. The lowest BCUT2D eigenvalue weighted by atomic mass is 10.1. The van der Waals surface area contributed by atoms with Gasteiger partial charge in [-0.25, -0.2) is 13.1 Å². The monoisotopic (exact) mass is 406 g/mol. The number of nitrogens with zero attached hydrogens (tertiary/aromatic N) is 1. The van der Waals surface area contributed by atoms with Crippen molar-refractivity contribution in [3.63, 3.8) is 0 Å². The number of nitrogens with one attached hydrogen (secondary N) is 3. The van der Waals surface area contributed by atoms with Crippen molar-refractivity contribution in [1.29, 1.82) is 0 Å². The molecule has 0 saturated carbocycles. The summed E-state index contributed by atoms with van der Waals surface area (Å²) >= 11 is 0. The highest BCUT2D eigenvalue weighted by molar-refractivity contribution is 7.89. The van der Waals surface area contributed by atoms with Crippen LogP contribution in [0.5, 0.6) is 0 Å². The minimum Gasteiger partial charge on any atom is -0.371 e. The third-order valence-electron chi connectivity index (χ3n) is 4.13. The first-order chi connectivity index (χ1) is 13.0. The van der Waals surface area contributed by atoms with E-state index in [-0.39, 0.29) is 23.0 Å². The van der Waals surface area contributed by atoms with Crippen LogP contribution in [-0.2, 0) is 14.8 Å². The van der Waals surface area contributed by atoms with Gasteiger partial charge in [0.1, 0.15) is 5.69 Å². The molecule has 0 unspecified atom stereocenters. The summed E-state index contributed by atoms with van der Waals surface area (Å²) in [6, 6.07) is 7.33. The van der Waals surface area contributed by atoms with Crippen LogP contribution < -0.4 is 15.4 Å². The number of hydrogen-bond donors (Lipinski definition) is 3. The molecule has 0 aliphatic heterocycles. The van der Waals surface area contributed by atoms with Gasteiger partial charge in [-0.3, -0.25) is 14.9 Å². The molecular formula is C18H22N4O5S. The third kappa shape index (κ3) is 4.84. The average molecular weight is 406 g/mol. The number of hydrogen-bond acceptors (Lipinski definition) is 6. The van der Waals surface area contributed by atoms with Crippen LogP contribution in [0.3, 0.4) is 0 Å². The molecule has 1 amide bonds. The van der Waals surface area contributed by atoms with Crippen LogP contribution in [0.4, 0.5) is 17.1 Å². The van der Waals surface area contributed by atoms with Crippen LogP contribution in [0.1, 0.15) is 16.7 Å². The number of rotatable bonds is 7. The maximum atomic E-state index is 12.3. The summed E-state index contributed by atoms with van der Waals surface area (Å²) in [5.41, 5.74) is 3.22. The van der Waals surface area contributed by atoms with Gasteiger partial charge >= 0.3 is 0 Å². The molecule has 9 nitrogen and oxygen atoms in total. The Labute approximate surface area is 163 Å². The molecule has 2 rings (SSSR count). The summed E-state index contributed by atoms with van der Waals surface area (Å²) in [6.07, 6.45) is 0. The van der Waals surface area contributed by atoms with Crippen LogP contribution in [-0.4, -0.2) is 32.8 Å². The molecule has 0 heterocycles. The van der Waals surface area contributed by atoms with Crippen LogP contribution in [0, 0.1) is 30.9 Å². The second-order valence-corrected chi connectivity index (χ2v) is 8.21. The van der Waals surface area contributed by atoms with E-state index < -0.39 is 20.6 Å². The fourth-order valence-corrected chi connectivity index (χ4v) is 3.58. The van der Waals surface area contributed by atoms with Crippen molar-refractivity contribution >= 4 is 33.0 Å². The third-order valence-corrected chi connectivity index (χ3v) is 5.54. The molecule has 0 bridgehead atoms. The first-order valence-electron chi connectivity index (χ1n) is 8.38. The summed E-state index contributed by atoms with van der Waals surface area (Å²) < 4.78 is 25.8. The van der Waals surface area contributed by atoms with Crippen molar-refractivity contribution in [2.45, 2.75) is 25.7 Å². The minimum absolute atomic E-state index is 0.0487. The van der Waals surface area contributed by atoms with E-state index >= 15 is 0 Å². The number of amides is 1. The quantitative estimate of drug-likeness (QED) is 0.478. The van der Waals surface area contributed by atoms with Crippen LogP contribution in [0.25, 0.3) is 0 Å². The molecule has 0 spiro atoms. The van der Waals surface area contributed by atoms with Crippen LogP contribution >= 0.6 is 0 Å². The van der Waals surface area contributed by atoms with E-state index in [9.17, 15) is 23.3 Å². The molecule has 0 aliphatic rings. The molecule has 0 aromatic heterocycles. The second kappa shape index (κ2) is 8.36. The fraction of sp³-hybridized carbons (Fsp3) is 0.278. The maximum absolute atomic E-state index is 12.3. The van der Waals surface area contributed by atoms with E-state index in [1.807, 2.05) is 32.9 Å². The van der Waals surface area contributed by atoms with E-state index in [0.717, 1.165) is 22.8 Å². The predicted molar refractivity (Wildman–Crippen MR) is 107 cm³/mol. The normalized spacial score (nSPS) is 11.1. The van der Waals surface area contributed by atoms with Gasteiger partial charge in [0, 0.05) is 11.8 Å². The van der Waals surface area contributed by atoms with Gasteiger partial charge in [-0.2, -0.15) is 0 Å². The molecule has 150 valence electrons. The van der Waals surface area contributed by atoms with E-state index in [2.05, 4.69) is 15.4 Å². The highest BCUT2D eigenvalue weighted by atomic mass is 32.2. The first kappa shape index (κ1) is 21.3. The van der Waals surface area contributed by atoms with Crippen molar-refractivity contribution in [3.05, 3.63) is 57.1 Å². The molecule has 2 aromatic rings. The predicted octanol–water partition coefficient (Wildman–Crippen LogP) is 2.48. The van der Waals surface area contributed by atoms with Gasteiger partial charge < -0.3 is 10.6 Å². The molecular weight excluding hydrogens is 384 g/mol. The lowest BCUT2D eigenvalue weighted by Gasteiger charge is -2.14. The van der Waals surface area contributed by atoms with Crippen molar-refractivity contribution in [2.24, 2.45) is 0 Å². The van der Waals surface area contributed by atoms with Gasteiger partial charge in [0.05, 0.1) is 16.4 Å². The van der Waals surface area contributed by atoms with Gasteiger partial charge in [0.25, 0.3) is 5.69 Å². The highest BCUT2D eigenvalue weighted by Gasteiger charge is 2.21. The summed E-state index contributed by atoms with van der Waals surface area (Å²) in [6.45, 7) is 5.51. The van der Waals surface area contributed by atoms with Crippen LogP contribution in [0.2, 0.25) is 0 Å². The summed E-state index contributed by atoms with van der Waals surface area (Å²) in [4.78, 5) is 22.6. The summed E-state index contributed by atoms with van der Waals surface area (Å²) in [7, 11) is -2.60. The number of carbonyl (C=O) groups excluding carboxylic acids is 1. The Balaban J connectivity index is 2.18. The van der Waals surface area contributed by atoms with Gasteiger partial charge in [-0.1, -0.05) is 17.7 Å². The zero-order chi connectivity index (χ0) is 21.1. The zero-order valence-electron chi connectivity index (χ0n) is 16.0. The van der Waals surface area contributed by atoms with Crippen molar-refractivity contribution < 1.29 is 18.1 Å². The molecule has 3 N–H and O–H groups in total. The number of carbonyl (C=O) groups is 1. The van der Waals surface area contributed by atoms with E-state index in [1.165, 1.54) is 19.2 Å².